The van der Waals surface area contributed by atoms with Crippen molar-refractivity contribution in [2.75, 3.05) is 13.2 Å². The Kier molecular flexibility index (Phi) is 7.44. The van der Waals surface area contributed by atoms with E-state index in [9.17, 15) is 30.0 Å². The van der Waals surface area contributed by atoms with E-state index in [-0.39, 0.29) is 24.6 Å². The van der Waals surface area contributed by atoms with Gasteiger partial charge < -0.3 is 34.6 Å². The highest BCUT2D eigenvalue weighted by molar-refractivity contribution is 5.66. The second-order valence-corrected chi connectivity index (χ2v) is 5.91. The van der Waals surface area contributed by atoms with Gasteiger partial charge in [-0.15, -0.1) is 5.10 Å². The first kappa shape index (κ1) is 21.7. The van der Waals surface area contributed by atoms with Crippen molar-refractivity contribution in [1.29, 1.82) is 0 Å². The van der Waals surface area contributed by atoms with Gasteiger partial charge in [-0.2, -0.15) is 0 Å². The second-order valence-electron chi connectivity index (χ2n) is 5.91. The smallest absolute Gasteiger partial charge is 0.303 e. The summed E-state index contributed by atoms with van der Waals surface area (Å²) in [7, 11) is 0. The number of nitrogens with zero attached hydrogens (tertiary/aromatic N) is 3. The predicted octanol–water partition coefficient (Wildman–Crippen LogP) is -2.77. The van der Waals surface area contributed by atoms with Crippen LogP contribution < -0.4 is 0 Å². The maximum absolute atomic E-state index is 11.1. The van der Waals surface area contributed by atoms with E-state index in [4.69, 9.17) is 14.2 Å². The first-order valence-electron chi connectivity index (χ1n) is 8.26. The van der Waals surface area contributed by atoms with Crippen LogP contribution in [0.4, 0.5) is 0 Å². The normalized spacial score (nSPS) is 26.9. The van der Waals surface area contributed by atoms with E-state index in [1.807, 2.05) is 0 Å². The first-order chi connectivity index (χ1) is 13.3. The molecule has 12 nitrogen and oxygen atoms in total. The molecule has 0 radical (unpaired) electrons. The zero-order valence-electron chi connectivity index (χ0n) is 15.2. The number of aliphatic hydroxyl groups is 4. The van der Waals surface area contributed by atoms with Gasteiger partial charge in [-0.25, -0.2) is 4.68 Å². The van der Waals surface area contributed by atoms with Crippen LogP contribution in [0.2, 0.25) is 0 Å². The number of carbonyl (C=O) groups is 2. The van der Waals surface area contributed by atoms with Crippen molar-refractivity contribution in [3.63, 3.8) is 0 Å². The van der Waals surface area contributed by atoms with Crippen LogP contribution in [0.1, 0.15) is 31.5 Å². The van der Waals surface area contributed by atoms with Crippen LogP contribution in [0.3, 0.4) is 0 Å². The van der Waals surface area contributed by atoms with Crippen molar-refractivity contribution in [2.24, 2.45) is 0 Å². The van der Waals surface area contributed by atoms with Gasteiger partial charge in [0.25, 0.3) is 0 Å². The number of aliphatic hydroxyl groups excluding tert-OH is 4. The van der Waals surface area contributed by atoms with E-state index in [1.54, 1.807) is 0 Å². The Balaban J connectivity index is 2.36. The van der Waals surface area contributed by atoms with E-state index in [2.05, 4.69) is 22.2 Å². The molecule has 28 heavy (non-hydrogen) atoms. The molecule has 2 heterocycles. The summed E-state index contributed by atoms with van der Waals surface area (Å²) in [4.78, 5) is 21.9. The fourth-order valence-electron chi connectivity index (χ4n) is 2.44. The van der Waals surface area contributed by atoms with Gasteiger partial charge in [-0.3, -0.25) is 9.59 Å². The molecule has 0 bridgehead atoms. The largest absolute Gasteiger partial charge is 0.459 e. The summed E-state index contributed by atoms with van der Waals surface area (Å²) in [6.07, 6.45) is -7.29. The van der Waals surface area contributed by atoms with Gasteiger partial charge >= 0.3 is 11.9 Å². The zero-order valence-corrected chi connectivity index (χ0v) is 15.2. The molecule has 2 rings (SSSR count). The zero-order chi connectivity index (χ0) is 20.8. The average molecular weight is 399 g/mol. The maximum atomic E-state index is 11.1. The third-order valence-electron chi connectivity index (χ3n) is 3.84. The van der Waals surface area contributed by atoms with Crippen LogP contribution in [-0.2, 0) is 30.4 Å². The molecule has 0 amide bonds. The Bertz CT molecular complexity index is 767. The van der Waals surface area contributed by atoms with Gasteiger partial charge in [0.1, 0.15) is 42.4 Å². The number of rotatable bonds is 5. The summed E-state index contributed by atoms with van der Waals surface area (Å²) in [5, 5.41) is 47.1. The molecular weight excluding hydrogens is 378 g/mol. The minimum Gasteiger partial charge on any atom is -0.459 e. The summed E-state index contributed by atoms with van der Waals surface area (Å²) in [5.41, 5.74) is 0.195. The van der Waals surface area contributed by atoms with Gasteiger partial charge in [-0.1, -0.05) is 11.1 Å². The molecule has 0 aliphatic carbocycles. The van der Waals surface area contributed by atoms with Crippen LogP contribution in [0.5, 0.6) is 0 Å². The fraction of sp³-hybridized carbons (Fsp3) is 0.625. The molecule has 1 aliphatic heterocycles. The van der Waals surface area contributed by atoms with Crippen LogP contribution in [0, 0.1) is 11.8 Å². The van der Waals surface area contributed by atoms with Crippen LogP contribution in [-0.4, -0.2) is 85.0 Å². The van der Waals surface area contributed by atoms with Gasteiger partial charge in [0.05, 0.1) is 6.61 Å². The van der Waals surface area contributed by atoms with Gasteiger partial charge in [0, 0.05) is 13.8 Å². The number of hydrogen-bond donors (Lipinski definition) is 4. The summed E-state index contributed by atoms with van der Waals surface area (Å²) < 4.78 is 16.1. The fourth-order valence-corrected chi connectivity index (χ4v) is 2.44. The van der Waals surface area contributed by atoms with E-state index >= 15 is 0 Å². The highest BCUT2D eigenvalue weighted by Gasteiger charge is 2.45. The third-order valence-corrected chi connectivity index (χ3v) is 3.84. The summed E-state index contributed by atoms with van der Waals surface area (Å²) in [5.74, 6) is 4.09. The minimum atomic E-state index is -1.63. The lowest BCUT2D eigenvalue weighted by molar-refractivity contribution is -0.254. The van der Waals surface area contributed by atoms with Crippen LogP contribution in [0.25, 0.3) is 0 Å². The average Bonchev–Trinajstić information content (AvgIpc) is 3.04. The second kappa shape index (κ2) is 9.58. The topological polar surface area (TPSA) is 173 Å². The van der Waals surface area contributed by atoms with Crippen molar-refractivity contribution in [2.45, 2.75) is 51.1 Å². The molecular formula is C16H21N3O9. The van der Waals surface area contributed by atoms with Crippen molar-refractivity contribution < 1.29 is 44.2 Å². The molecule has 1 aliphatic rings. The monoisotopic (exact) mass is 399 g/mol. The summed E-state index contributed by atoms with van der Waals surface area (Å²) >= 11 is 0. The summed E-state index contributed by atoms with van der Waals surface area (Å²) in [6.45, 7) is 1.29. The first-order valence-corrected chi connectivity index (χ1v) is 8.26. The number of hydrogen-bond acceptors (Lipinski definition) is 11. The molecule has 4 N–H and O–H groups in total. The number of aromatic nitrogens is 3. The van der Waals surface area contributed by atoms with Crippen molar-refractivity contribution in [1.82, 2.24) is 15.0 Å². The summed E-state index contributed by atoms with van der Waals surface area (Å²) in [6, 6.07) is 0. The van der Waals surface area contributed by atoms with Crippen molar-refractivity contribution >= 4 is 11.9 Å². The van der Waals surface area contributed by atoms with E-state index in [1.165, 1.54) is 13.8 Å². The molecule has 154 valence electrons. The van der Waals surface area contributed by atoms with E-state index in [0.717, 1.165) is 4.68 Å². The minimum absolute atomic E-state index is 0.0673. The quantitative estimate of drug-likeness (QED) is 0.298. The molecule has 0 spiro atoms. The van der Waals surface area contributed by atoms with Crippen LogP contribution >= 0.6 is 0 Å². The molecule has 12 heteroatoms. The maximum Gasteiger partial charge on any atom is 0.303 e. The number of carbonyl (C=O) groups excluding carboxylic acids is 2. The Morgan fingerprint density at radius 2 is 1.82 bits per heavy atom. The SMILES string of the molecule is CC(=O)OCC#Cc1c(COC(C)=O)nnn1[C@@H]1O[C@H](CO)[C@@H](O)[C@H](O)[C@H]1O. The predicted molar refractivity (Wildman–Crippen MR) is 88.0 cm³/mol. The Morgan fingerprint density at radius 1 is 1.14 bits per heavy atom. The number of esters is 2. The number of ether oxygens (including phenoxy) is 3. The Morgan fingerprint density at radius 3 is 2.43 bits per heavy atom. The highest BCUT2D eigenvalue weighted by atomic mass is 16.6. The Hall–Kier alpha value is -2.56. The van der Waals surface area contributed by atoms with Crippen molar-refractivity contribution in [3.05, 3.63) is 11.4 Å². The molecule has 0 unspecified atom stereocenters. The molecule has 0 aromatic carbocycles. The van der Waals surface area contributed by atoms with E-state index < -0.39 is 49.2 Å². The third kappa shape index (κ3) is 5.03. The van der Waals surface area contributed by atoms with Gasteiger partial charge in [-0.05, 0) is 5.92 Å². The lowest BCUT2D eigenvalue weighted by Crippen LogP contribution is -2.56. The van der Waals surface area contributed by atoms with Gasteiger partial charge in [0.2, 0.25) is 0 Å². The molecule has 1 fully saturated rings. The molecule has 1 aromatic heterocycles. The van der Waals surface area contributed by atoms with Gasteiger partial charge in [0.15, 0.2) is 12.8 Å². The lowest BCUT2D eigenvalue weighted by atomic mass is 9.98. The Labute approximate surface area is 159 Å². The molecule has 1 saturated heterocycles. The molecule has 1 aromatic rings. The van der Waals surface area contributed by atoms with E-state index in [0.29, 0.717) is 0 Å². The highest BCUT2D eigenvalue weighted by Crippen LogP contribution is 2.29. The molecule has 0 saturated carbocycles. The standard InChI is InChI=1S/C16H21N3O9/c1-8(21)26-5-3-4-11-10(7-27-9(2)22)17-18-19(11)16-15(25)14(24)13(23)12(6-20)28-16/h12-16,20,23-25H,5-7H2,1-2H3/t12-,13-,14+,15-,16-/m1/s1. The molecule has 5 atom stereocenters. The lowest BCUT2D eigenvalue weighted by Gasteiger charge is -2.39. The van der Waals surface area contributed by atoms with Crippen LogP contribution in [0.15, 0.2) is 0 Å². The van der Waals surface area contributed by atoms with Crippen molar-refractivity contribution in [3.8, 4) is 11.8 Å².